The largest absolute Gasteiger partial charge is 0.504 e. The van der Waals surface area contributed by atoms with Gasteiger partial charge < -0.3 is 19.3 Å². The molecule has 1 aromatic rings. The second-order valence-electron chi connectivity index (χ2n) is 6.97. The fourth-order valence-corrected chi connectivity index (χ4v) is 3.33. The first-order valence-corrected chi connectivity index (χ1v) is 9.36. The van der Waals surface area contributed by atoms with Gasteiger partial charge in [0.1, 0.15) is 0 Å². The lowest BCUT2D eigenvalue weighted by atomic mass is 9.82. The van der Waals surface area contributed by atoms with Gasteiger partial charge in [-0.2, -0.15) is 0 Å². The highest BCUT2D eigenvalue weighted by atomic mass is 16.5. The zero-order valence-electron chi connectivity index (χ0n) is 16.2. The van der Waals surface area contributed by atoms with E-state index in [1.165, 1.54) is 0 Å². The third-order valence-corrected chi connectivity index (χ3v) is 4.62. The van der Waals surface area contributed by atoms with E-state index in [1.54, 1.807) is 13.2 Å². The Balaban J connectivity index is 2.03. The first-order chi connectivity index (χ1) is 12.4. The number of benzene rings is 1. The minimum absolute atomic E-state index is 0.0460. The van der Waals surface area contributed by atoms with E-state index in [2.05, 4.69) is 0 Å². The van der Waals surface area contributed by atoms with Gasteiger partial charge in [0.2, 0.25) is 5.75 Å². The lowest BCUT2D eigenvalue weighted by molar-refractivity contribution is -0.137. The predicted molar refractivity (Wildman–Crippen MR) is 101 cm³/mol. The molecule has 5 heteroatoms. The first-order valence-electron chi connectivity index (χ1n) is 9.36. The van der Waals surface area contributed by atoms with Crippen LogP contribution in [0.2, 0.25) is 0 Å². The SMILES string of the molecule is CCOC(=O)C=C1CCC(Cc2ccc(OC)c(OC(C)C)c2O)CC1. The van der Waals surface area contributed by atoms with Gasteiger partial charge in [0, 0.05) is 6.08 Å². The Morgan fingerprint density at radius 2 is 2.00 bits per heavy atom. The Hall–Kier alpha value is -2.17. The number of methoxy groups -OCH3 is 1. The molecule has 1 aromatic carbocycles. The number of esters is 1. The molecule has 1 fully saturated rings. The van der Waals surface area contributed by atoms with Crippen molar-refractivity contribution in [2.24, 2.45) is 5.92 Å². The normalized spacial score (nSPS) is 17.1. The molecular weight excluding hydrogens is 332 g/mol. The molecule has 144 valence electrons. The summed E-state index contributed by atoms with van der Waals surface area (Å²) < 4.78 is 16.0. The van der Waals surface area contributed by atoms with Gasteiger partial charge in [-0.15, -0.1) is 0 Å². The van der Waals surface area contributed by atoms with Gasteiger partial charge in [0.05, 0.1) is 19.8 Å². The number of rotatable bonds is 7. The summed E-state index contributed by atoms with van der Waals surface area (Å²) in [6.07, 6.45) is 6.17. The molecule has 5 nitrogen and oxygen atoms in total. The number of hydrogen-bond donors (Lipinski definition) is 1. The average Bonchev–Trinajstić information content (AvgIpc) is 2.60. The molecule has 0 atom stereocenters. The summed E-state index contributed by atoms with van der Waals surface area (Å²) in [6, 6.07) is 3.76. The van der Waals surface area contributed by atoms with Gasteiger partial charge in [-0.1, -0.05) is 11.6 Å². The molecule has 1 N–H and O–H groups in total. The van der Waals surface area contributed by atoms with E-state index >= 15 is 0 Å². The van der Waals surface area contributed by atoms with Gasteiger partial charge >= 0.3 is 5.97 Å². The van der Waals surface area contributed by atoms with Crippen LogP contribution in [-0.2, 0) is 16.0 Å². The summed E-state index contributed by atoms with van der Waals surface area (Å²) in [5.41, 5.74) is 2.03. The summed E-state index contributed by atoms with van der Waals surface area (Å²) in [5.74, 6) is 1.36. The molecule has 0 radical (unpaired) electrons. The quantitative estimate of drug-likeness (QED) is 0.575. The number of carbonyl (C=O) groups excluding carboxylic acids is 1. The predicted octanol–water partition coefficient (Wildman–Crippen LogP) is 4.41. The standard InChI is InChI=1S/C21H30O5/c1-5-25-19(22)13-16-8-6-15(7-9-16)12-17-10-11-18(24-4)21(20(17)23)26-14(2)3/h10-11,13-15,23H,5-9,12H2,1-4H3. The van der Waals surface area contributed by atoms with Crippen LogP contribution >= 0.6 is 0 Å². The second-order valence-corrected chi connectivity index (χ2v) is 6.97. The van der Waals surface area contributed by atoms with Gasteiger partial charge in [0.15, 0.2) is 11.5 Å². The topological polar surface area (TPSA) is 65.0 Å². The lowest BCUT2D eigenvalue weighted by Crippen LogP contribution is -2.13. The molecule has 1 saturated carbocycles. The maximum absolute atomic E-state index is 11.6. The minimum atomic E-state index is -0.246. The van der Waals surface area contributed by atoms with Gasteiger partial charge in [-0.25, -0.2) is 4.79 Å². The number of aromatic hydroxyl groups is 1. The fraction of sp³-hybridized carbons (Fsp3) is 0.571. The Kier molecular flexibility index (Phi) is 7.37. The van der Waals surface area contributed by atoms with Crippen LogP contribution in [0.25, 0.3) is 0 Å². The molecule has 0 aromatic heterocycles. The van der Waals surface area contributed by atoms with Crippen molar-refractivity contribution in [1.29, 1.82) is 0 Å². The van der Waals surface area contributed by atoms with Crippen molar-refractivity contribution in [2.45, 2.75) is 59.0 Å². The molecule has 0 spiro atoms. The number of allylic oxidation sites excluding steroid dienone is 1. The van der Waals surface area contributed by atoms with Crippen molar-refractivity contribution in [3.05, 3.63) is 29.3 Å². The number of carbonyl (C=O) groups is 1. The maximum atomic E-state index is 11.6. The number of phenols is 1. The van der Waals surface area contributed by atoms with Crippen molar-refractivity contribution >= 4 is 5.97 Å². The minimum Gasteiger partial charge on any atom is -0.504 e. The Morgan fingerprint density at radius 3 is 2.58 bits per heavy atom. The van der Waals surface area contributed by atoms with Crippen molar-refractivity contribution in [2.75, 3.05) is 13.7 Å². The highest BCUT2D eigenvalue weighted by molar-refractivity contribution is 5.82. The lowest BCUT2D eigenvalue weighted by Gasteiger charge is -2.25. The maximum Gasteiger partial charge on any atom is 0.330 e. The van der Waals surface area contributed by atoms with Crippen LogP contribution in [0.4, 0.5) is 0 Å². The van der Waals surface area contributed by atoms with Crippen LogP contribution in [0, 0.1) is 5.92 Å². The zero-order valence-corrected chi connectivity index (χ0v) is 16.2. The molecule has 0 bridgehead atoms. The Labute approximate surface area is 156 Å². The summed E-state index contributed by atoms with van der Waals surface area (Å²) in [6.45, 7) is 6.06. The van der Waals surface area contributed by atoms with E-state index in [0.717, 1.165) is 43.2 Å². The molecule has 1 aliphatic carbocycles. The van der Waals surface area contributed by atoms with Gasteiger partial charge in [-0.05, 0) is 70.4 Å². The van der Waals surface area contributed by atoms with E-state index in [-0.39, 0.29) is 17.8 Å². The fourth-order valence-electron chi connectivity index (χ4n) is 3.33. The first kappa shape index (κ1) is 20.1. The van der Waals surface area contributed by atoms with Crippen LogP contribution < -0.4 is 9.47 Å². The Morgan fingerprint density at radius 1 is 1.31 bits per heavy atom. The second kappa shape index (κ2) is 9.51. The van der Waals surface area contributed by atoms with E-state index in [4.69, 9.17) is 14.2 Å². The van der Waals surface area contributed by atoms with E-state index in [9.17, 15) is 9.90 Å². The van der Waals surface area contributed by atoms with Gasteiger partial charge in [0.25, 0.3) is 0 Å². The highest BCUT2D eigenvalue weighted by Gasteiger charge is 2.22. The number of hydrogen-bond acceptors (Lipinski definition) is 5. The van der Waals surface area contributed by atoms with Crippen LogP contribution in [0.15, 0.2) is 23.8 Å². The third-order valence-electron chi connectivity index (χ3n) is 4.62. The number of phenolic OH excluding ortho intramolecular Hbond substituents is 1. The highest BCUT2D eigenvalue weighted by Crippen LogP contribution is 2.42. The van der Waals surface area contributed by atoms with Crippen LogP contribution in [0.1, 0.15) is 52.0 Å². The summed E-state index contributed by atoms with van der Waals surface area (Å²) in [7, 11) is 1.57. The molecule has 0 heterocycles. The monoisotopic (exact) mass is 362 g/mol. The molecule has 0 unspecified atom stereocenters. The molecule has 0 amide bonds. The molecule has 26 heavy (non-hydrogen) atoms. The van der Waals surface area contributed by atoms with Crippen molar-refractivity contribution in [3.63, 3.8) is 0 Å². The summed E-state index contributed by atoms with van der Waals surface area (Å²) >= 11 is 0. The number of ether oxygens (including phenoxy) is 3. The third kappa shape index (κ3) is 5.41. The van der Waals surface area contributed by atoms with E-state index in [1.807, 2.05) is 32.9 Å². The van der Waals surface area contributed by atoms with Gasteiger partial charge in [-0.3, -0.25) is 0 Å². The Bertz CT molecular complexity index is 638. The zero-order chi connectivity index (χ0) is 19.1. The summed E-state index contributed by atoms with van der Waals surface area (Å²) in [5, 5.41) is 10.6. The summed E-state index contributed by atoms with van der Waals surface area (Å²) in [4.78, 5) is 11.6. The van der Waals surface area contributed by atoms with Crippen LogP contribution in [0.3, 0.4) is 0 Å². The molecular formula is C21H30O5. The van der Waals surface area contributed by atoms with Crippen LogP contribution in [-0.4, -0.2) is 30.9 Å². The molecule has 0 saturated heterocycles. The van der Waals surface area contributed by atoms with Crippen LogP contribution in [0.5, 0.6) is 17.2 Å². The van der Waals surface area contributed by atoms with Crippen molar-refractivity contribution < 1.29 is 24.1 Å². The molecule has 1 aliphatic rings. The average molecular weight is 362 g/mol. The van der Waals surface area contributed by atoms with Crippen molar-refractivity contribution in [3.8, 4) is 17.2 Å². The van der Waals surface area contributed by atoms with E-state index < -0.39 is 0 Å². The molecule has 2 rings (SSSR count). The van der Waals surface area contributed by atoms with Crippen molar-refractivity contribution in [1.82, 2.24) is 0 Å². The van der Waals surface area contributed by atoms with E-state index in [0.29, 0.717) is 24.0 Å². The molecule has 0 aliphatic heterocycles. The smallest absolute Gasteiger partial charge is 0.330 e.